The molecule has 34 heavy (non-hydrogen) atoms. The van der Waals surface area contributed by atoms with Crippen molar-refractivity contribution in [2.45, 2.75) is 44.4 Å². The van der Waals surface area contributed by atoms with Gasteiger partial charge in [-0.05, 0) is 109 Å². The molecular weight excluding hydrogens is 446 g/mol. The van der Waals surface area contributed by atoms with Gasteiger partial charge >= 0.3 is 0 Å². The molecule has 7 rings (SSSR count). The predicted molar refractivity (Wildman–Crippen MR) is 131 cm³/mol. The van der Waals surface area contributed by atoms with Crippen molar-refractivity contribution in [3.63, 3.8) is 0 Å². The molecule has 174 valence electrons. The lowest BCUT2D eigenvalue weighted by Crippen LogP contribution is -2.59. The highest BCUT2D eigenvalue weighted by atomic mass is 32.2. The zero-order valence-electron chi connectivity index (χ0n) is 19.1. The van der Waals surface area contributed by atoms with E-state index < -0.39 is 0 Å². The molecule has 5 nitrogen and oxygen atoms in total. The Bertz CT molecular complexity index is 1280. The first-order valence-electron chi connectivity index (χ1n) is 12.3. The number of rotatable bonds is 5. The van der Waals surface area contributed by atoms with Gasteiger partial charge in [-0.3, -0.25) is 14.9 Å². The number of fused-ring (bicyclic) bond motifs is 1. The van der Waals surface area contributed by atoms with E-state index in [9.17, 15) is 14.7 Å². The summed E-state index contributed by atoms with van der Waals surface area (Å²) in [5, 5.41) is 12.9. The summed E-state index contributed by atoms with van der Waals surface area (Å²) in [7, 11) is 0. The molecule has 2 bridgehead atoms. The summed E-state index contributed by atoms with van der Waals surface area (Å²) in [5.74, 6) is 3.45. The van der Waals surface area contributed by atoms with Crippen molar-refractivity contribution >= 4 is 29.0 Å². The van der Waals surface area contributed by atoms with E-state index in [1.165, 1.54) is 32.1 Å². The van der Waals surface area contributed by atoms with Gasteiger partial charge in [-0.1, -0.05) is 18.2 Å². The molecule has 1 spiro atoms. The van der Waals surface area contributed by atoms with Crippen LogP contribution in [0.1, 0.15) is 50.2 Å². The number of amides is 2. The molecule has 2 amide bonds. The van der Waals surface area contributed by atoms with Crippen molar-refractivity contribution < 1.29 is 19.4 Å². The molecule has 6 heteroatoms. The van der Waals surface area contributed by atoms with E-state index >= 15 is 0 Å². The summed E-state index contributed by atoms with van der Waals surface area (Å²) in [4.78, 5) is 23.8. The normalized spacial score (nSPS) is 35.7. The highest BCUT2D eigenvalue weighted by molar-refractivity contribution is 8.18. The Labute approximate surface area is 203 Å². The maximum Gasteiger partial charge on any atom is 0.290 e. The summed E-state index contributed by atoms with van der Waals surface area (Å²) in [6.07, 6.45) is 8.20. The summed E-state index contributed by atoms with van der Waals surface area (Å²) in [5.41, 5.74) is 4.66. The fourth-order valence-electron chi connectivity index (χ4n) is 8.23. The fourth-order valence-corrected chi connectivity index (χ4v) is 8.92. The number of aromatic hydroxyl groups is 1. The molecule has 5 fully saturated rings. The second-order valence-corrected chi connectivity index (χ2v) is 11.8. The van der Waals surface area contributed by atoms with Gasteiger partial charge in [-0.25, -0.2) is 0 Å². The Morgan fingerprint density at radius 1 is 1.12 bits per heavy atom. The molecule has 2 unspecified atom stereocenters. The number of carbonyl (C=O) groups is 2. The SMILES string of the molecule is CCOc1cc(/C=C2\SC(=O)NC2=O)ccc1-c1ccc(O)c(C23CC4CC5CC(C2)C54C3)c1. The molecule has 2 atom stereocenters. The molecule has 1 aliphatic heterocycles. The van der Waals surface area contributed by atoms with Crippen LogP contribution in [-0.2, 0) is 10.2 Å². The minimum atomic E-state index is -0.364. The highest BCUT2D eigenvalue weighted by Crippen LogP contribution is 2.84. The van der Waals surface area contributed by atoms with E-state index in [0.29, 0.717) is 22.7 Å². The molecule has 4 aliphatic carbocycles. The lowest BCUT2D eigenvalue weighted by atomic mass is 9.38. The number of ether oxygens (including phenoxy) is 1. The van der Waals surface area contributed by atoms with Gasteiger partial charge in [0, 0.05) is 16.5 Å². The molecule has 2 N–H and O–H groups in total. The van der Waals surface area contributed by atoms with Crippen LogP contribution in [0.3, 0.4) is 0 Å². The standard InChI is InChI=1S/C28H27NO4S/c1-2-33-23-7-15(8-24-25(31)29-26(32)34-24)3-5-20(23)16-4-6-22(30)21(9-16)27-12-18-10-17-11-19(13-27)28(17,18)14-27/h3-9,17-19,30H,2,10-14H2,1H3,(H,29,31,32)/b24-8-. The predicted octanol–water partition coefficient (Wildman–Crippen LogP) is 5.86. The van der Waals surface area contributed by atoms with Gasteiger partial charge in [0.1, 0.15) is 11.5 Å². The topological polar surface area (TPSA) is 75.6 Å². The lowest BCUT2D eigenvalue weighted by molar-refractivity contribution is -0.175. The summed E-state index contributed by atoms with van der Waals surface area (Å²) in [6, 6.07) is 11.9. The Kier molecular flexibility index (Phi) is 4.19. The van der Waals surface area contributed by atoms with Crippen molar-refractivity contribution in [1.82, 2.24) is 5.32 Å². The third-order valence-electron chi connectivity index (χ3n) is 9.46. The molecule has 4 saturated carbocycles. The number of imide groups is 1. The lowest BCUT2D eigenvalue weighted by Gasteiger charge is -2.66. The number of phenols is 1. The third kappa shape index (κ3) is 2.63. The van der Waals surface area contributed by atoms with Crippen LogP contribution >= 0.6 is 11.8 Å². The summed E-state index contributed by atoms with van der Waals surface area (Å²) >= 11 is 0.913. The van der Waals surface area contributed by atoms with Gasteiger partial charge in [0.25, 0.3) is 11.1 Å². The van der Waals surface area contributed by atoms with Crippen molar-refractivity contribution in [3.8, 4) is 22.6 Å². The minimum absolute atomic E-state index is 0.121. The molecule has 2 aromatic carbocycles. The zero-order valence-corrected chi connectivity index (χ0v) is 19.9. The molecule has 5 aliphatic rings. The van der Waals surface area contributed by atoms with E-state index in [4.69, 9.17) is 4.74 Å². The number of thioether (sulfide) groups is 1. The van der Waals surface area contributed by atoms with Gasteiger partial charge < -0.3 is 9.84 Å². The highest BCUT2D eigenvalue weighted by Gasteiger charge is 2.77. The maximum atomic E-state index is 11.9. The molecule has 1 heterocycles. The minimum Gasteiger partial charge on any atom is -0.508 e. The van der Waals surface area contributed by atoms with Crippen LogP contribution in [0.15, 0.2) is 41.3 Å². The summed E-state index contributed by atoms with van der Waals surface area (Å²) < 4.78 is 6.00. The number of nitrogens with one attached hydrogen (secondary N) is 1. The molecule has 0 aromatic heterocycles. The van der Waals surface area contributed by atoms with Gasteiger partial charge in [0.15, 0.2) is 0 Å². The van der Waals surface area contributed by atoms with E-state index in [0.717, 1.165) is 57.5 Å². The van der Waals surface area contributed by atoms with Gasteiger partial charge in [-0.15, -0.1) is 0 Å². The van der Waals surface area contributed by atoms with Crippen LogP contribution in [0, 0.1) is 23.2 Å². The molecule has 0 radical (unpaired) electrons. The van der Waals surface area contributed by atoms with Gasteiger partial charge in [-0.2, -0.15) is 0 Å². The summed E-state index contributed by atoms with van der Waals surface area (Å²) in [6.45, 7) is 2.47. The van der Waals surface area contributed by atoms with Crippen molar-refractivity contribution in [1.29, 1.82) is 0 Å². The van der Waals surface area contributed by atoms with Crippen molar-refractivity contribution in [3.05, 3.63) is 52.4 Å². The van der Waals surface area contributed by atoms with Crippen molar-refractivity contribution in [2.24, 2.45) is 23.2 Å². The molecule has 2 aromatic rings. The molecule has 1 saturated heterocycles. The monoisotopic (exact) mass is 473 g/mol. The first kappa shape index (κ1) is 20.6. The Balaban J connectivity index is 1.26. The second-order valence-electron chi connectivity index (χ2n) is 10.8. The van der Waals surface area contributed by atoms with E-state index in [2.05, 4.69) is 11.4 Å². The number of hydrogen-bond donors (Lipinski definition) is 2. The first-order chi connectivity index (χ1) is 16.4. The molecular formula is C28H27NO4S. The Hall–Kier alpha value is -2.73. The number of phenolic OH excluding ortho intramolecular Hbond substituents is 1. The first-order valence-corrected chi connectivity index (χ1v) is 13.1. The van der Waals surface area contributed by atoms with Crippen molar-refractivity contribution in [2.75, 3.05) is 6.61 Å². The smallest absolute Gasteiger partial charge is 0.290 e. The average molecular weight is 474 g/mol. The zero-order chi connectivity index (χ0) is 23.2. The Morgan fingerprint density at radius 3 is 2.56 bits per heavy atom. The van der Waals surface area contributed by atoms with Crippen LogP contribution in [0.4, 0.5) is 4.79 Å². The van der Waals surface area contributed by atoms with Gasteiger partial charge in [0.2, 0.25) is 0 Å². The van der Waals surface area contributed by atoms with E-state index in [1.807, 2.05) is 37.3 Å². The quantitative estimate of drug-likeness (QED) is 0.532. The van der Waals surface area contributed by atoms with Crippen LogP contribution in [-0.4, -0.2) is 22.9 Å². The number of carbonyl (C=O) groups excluding carboxylic acids is 2. The van der Waals surface area contributed by atoms with E-state index in [1.54, 1.807) is 6.08 Å². The van der Waals surface area contributed by atoms with Crippen LogP contribution in [0.2, 0.25) is 0 Å². The Morgan fingerprint density at radius 2 is 1.91 bits per heavy atom. The third-order valence-corrected chi connectivity index (χ3v) is 10.3. The number of hydrogen-bond acceptors (Lipinski definition) is 5. The number of benzene rings is 2. The largest absolute Gasteiger partial charge is 0.508 e. The van der Waals surface area contributed by atoms with Crippen LogP contribution in [0.5, 0.6) is 11.5 Å². The van der Waals surface area contributed by atoms with Crippen LogP contribution < -0.4 is 10.1 Å². The van der Waals surface area contributed by atoms with E-state index in [-0.39, 0.29) is 16.6 Å². The van der Waals surface area contributed by atoms with Gasteiger partial charge in [0.05, 0.1) is 11.5 Å². The fraction of sp³-hybridized carbons (Fsp3) is 0.429. The maximum absolute atomic E-state index is 11.9. The second kappa shape index (κ2) is 6.91. The van der Waals surface area contributed by atoms with Crippen LogP contribution in [0.25, 0.3) is 17.2 Å². The average Bonchev–Trinajstić information content (AvgIpc) is 3.39.